The zero-order valence-corrected chi connectivity index (χ0v) is 23.2. The number of nitrogens with one attached hydrogen (secondary N) is 1. The lowest BCUT2D eigenvalue weighted by Crippen LogP contribution is -2.35. The number of hydrogen-bond donors (Lipinski definition) is 2. The third-order valence-corrected chi connectivity index (χ3v) is 9.44. The summed E-state index contributed by atoms with van der Waals surface area (Å²) in [5.41, 5.74) is 4.57. The summed E-state index contributed by atoms with van der Waals surface area (Å²) in [4.78, 5) is 7.64. The molecule has 10 heteroatoms. The molecular formula is C28H32N4O4S2. The summed E-state index contributed by atoms with van der Waals surface area (Å²) in [6, 6.07) is 13.5. The van der Waals surface area contributed by atoms with Crippen molar-refractivity contribution in [2.75, 3.05) is 25.4 Å². The van der Waals surface area contributed by atoms with E-state index in [1.807, 2.05) is 55.3 Å². The number of β-amino-alcohol motifs (C(OH)–C–C–N with tert-alkyl or cyclic N) is 1. The standard InChI is InChI=1S/C28H32N4O4S2/c1-18(2)36-26-9-6-19(14-20(26)15-29)28-30-16-27(37-28)24-5-3-4-23-22(24)7-8-25(23)31-38(34,35)13-12-32-11-10-21(33)17-32/h3-6,9,14,16,18,21,25,31,33H,7-8,10-13,17H2,1-2H3. The van der Waals surface area contributed by atoms with Gasteiger partial charge >= 0.3 is 0 Å². The Kier molecular flexibility index (Phi) is 7.84. The smallest absolute Gasteiger partial charge is 0.213 e. The van der Waals surface area contributed by atoms with Gasteiger partial charge in [-0.15, -0.1) is 11.3 Å². The fourth-order valence-electron chi connectivity index (χ4n) is 5.19. The molecule has 2 heterocycles. The molecule has 200 valence electrons. The highest BCUT2D eigenvalue weighted by atomic mass is 32.2. The molecule has 2 N–H and O–H groups in total. The number of sulfonamides is 1. The quantitative estimate of drug-likeness (QED) is 0.410. The number of aromatic nitrogens is 1. The van der Waals surface area contributed by atoms with Crippen molar-refractivity contribution in [2.24, 2.45) is 0 Å². The van der Waals surface area contributed by atoms with Gasteiger partial charge in [0.1, 0.15) is 16.8 Å². The lowest BCUT2D eigenvalue weighted by molar-refractivity contribution is 0.178. The van der Waals surface area contributed by atoms with Crippen LogP contribution in [0.2, 0.25) is 0 Å². The fraction of sp³-hybridized carbons (Fsp3) is 0.429. The Labute approximate surface area is 228 Å². The predicted molar refractivity (Wildman–Crippen MR) is 149 cm³/mol. The van der Waals surface area contributed by atoms with E-state index in [-0.39, 0.29) is 24.0 Å². The van der Waals surface area contributed by atoms with Crippen LogP contribution in [0, 0.1) is 11.3 Å². The zero-order chi connectivity index (χ0) is 26.9. The van der Waals surface area contributed by atoms with E-state index in [0.29, 0.717) is 37.2 Å². The maximum absolute atomic E-state index is 12.8. The molecule has 0 bridgehead atoms. The molecule has 2 aromatic carbocycles. The van der Waals surface area contributed by atoms with E-state index in [1.54, 1.807) is 11.3 Å². The Balaban J connectivity index is 1.32. The van der Waals surface area contributed by atoms with Crippen molar-refractivity contribution < 1.29 is 18.3 Å². The van der Waals surface area contributed by atoms with Crippen molar-refractivity contribution in [1.29, 1.82) is 5.26 Å². The molecule has 5 rings (SSSR count). The van der Waals surface area contributed by atoms with E-state index in [9.17, 15) is 18.8 Å². The van der Waals surface area contributed by atoms with Gasteiger partial charge in [0.25, 0.3) is 0 Å². The average molecular weight is 553 g/mol. The molecule has 1 aliphatic carbocycles. The normalized spacial score (nSPS) is 19.6. The number of hydrogen-bond acceptors (Lipinski definition) is 8. The van der Waals surface area contributed by atoms with E-state index in [1.165, 1.54) is 0 Å². The van der Waals surface area contributed by atoms with Crippen LogP contribution >= 0.6 is 11.3 Å². The van der Waals surface area contributed by atoms with E-state index in [2.05, 4.69) is 21.8 Å². The van der Waals surface area contributed by atoms with Crippen LogP contribution in [0.4, 0.5) is 0 Å². The molecule has 2 unspecified atom stereocenters. The molecule has 0 amide bonds. The Morgan fingerprint density at radius 2 is 2.13 bits per heavy atom. The van der Waals surface area contributed by atoms with Crippen LogP contribution < -0.4 is 9.46 Å². The highest BCUT2D eigenvalue weighted by Gasteiger charge is 2.30. The molecular weight excluding hydrogens is 520 g/mol. The van der Waals surface area contributed by atoms with Crippen LogP contribution in [-0.2, 0) is 16.4 Å². The van der Waals surface area contributed by atoms with E-state index in [4.69, 9.17) is 4.74 Å². The third kappa shape index (κ3) is 5.92. The Bertz CT molecular complexity index is 1460. The summed E-state index contributed by atoms with van der Waals surface area (Å²) in [6.45, 7) is 5.55. The summed E-state index contributed by atoms with van der Waals surface area (Å²) in [5, 5.41) is 20.1. The number of rotatable bonds is 9. The highest BCUT2D eigenvalue weighted by molar-refractivity contribution is 7.89. The van der Waals surface area contributed by atoms with Crippen molar-refractivity contribution in [2.45, 2.75) is 51.4 Å². The molecule has 2 aliphatic rings. The first-order chi connectivity index (χ1) is 18.2. The number of aliphatic hydroxyl groups excluding tert-OH is 1. The second kappa shape index (κ2) is 11.1. The maximum Gasteiger partial charge on any atom is 0.213 e. The van der Waals surface area contributed by atoms with Gasteiger partial charge < -0.3 is 9.84 Å². The van der Waals surface area contributed by atoms with Crippen LogP contribution in [0.5, 0.6) is 5.75 Å². The second-order valence-electron chi connectivity index (χ2n) is 10.2. The predicted octanol–water partition coefficient (Wildman–Crippen LogP) is 4.11. The van der Waals surface area contributed by atoms with Crippen molar-refractivity contribution in [3.05, 3.63) is 59.3 Å². The SMILES string of the molecule is CC(C)Oc1ccc(-c2ncc(-c3cccc4c3CCC4NS(=O)(=O)CCN3CCC(O)C3)s2)cc1C#N. The molecule has 3 aromatic rings. The van der Waals surface area contributed by atoms with Crippen LogP contribution in [0.15, 0.2) is 42.6 Å². The molecule has 0 spiro atoms. The third-order valence-electron chi connectivity index (χ3n) is 7.00. The van der Waals surface area contributed by atoms with E-state index >= 15 is 0 Å². The minimum atomic E-state index is -3.46. The van der Waals surface area contributed by atoms with E-state index in [0.717, 1.165) is 45.1 Å². The van der Waals surface area contributed by atoms with Gasteiger partial charge in [-0.2, -0.15) is 5.26 Å². The van der Waals surface area contributed by atoms with Crippen LogP contribution in [0.1, 0.15) is 49.4 Å². The number of aliphatic hydroxyl groups is 1. The molecule has 1 aromatic heterocycles. The summed E-state index contributed by atoms with van der Waals surface area (Å²) in [5.74, 6) is 0.588. The molecule has 1 fully saturated rings. The Morgan fingerprint density at radius 3 is 2.87 bits per heavy atom. The number of nitriles is 1. The first kappa shape index (κ1) is 26.8. The molecule has 8 nitrogen and oxygen atoms in total. The lowest BCUT2D eigenvalue weighted by atomic mass is 10.0. The van der Waals surface area contributed by atoms with Gasteiger partial charge in [0.05, 0.1) is 28.4 Å². The van der Waals surface area contributed by atoms with Crippen molar-refractivity contribution in [3.8, 4) is 32.8 Å². The monoisotopic (exact) mass is 552 g/mol. The fourth-order valence-corrected chi connectivity index (χ4v) is 7.45. The number of likely N-dealkylation sites (tertiary alicyclic amines) is 1. The van der Waals surface area contributed by atoms with Crippen molar-refractivity contribution in [1.82, 2.24) is 14.6 Å². The van der Waals surface area contributed by atoms with Gasteiger partial charge in [0, 0.05) is 37.4 Å². The molecule has 38 heavy (non-hydrogen) atoms. The number of ether oxygens (including phenoxy) is 1. The van der Waals surface area contributed by atoms with Gasteiger partial charge in [-0.25, -0.2) is 18.1 Å². The average Bonchev–Trinajstić information content (AvgIpc) is 3.63. The Hall–Kier alpha value is -2.81. The summed E-state index contributed by atoms with van der Waals surface area (Å²) >= 11 is 1.55. The maximum atomic E-state index is 12.8. The number of fused-ring (bicyclic) bond motifs is 1. The minimum Gasteiger partial charge on any atom is -0.490 e. The van der Waals surface area contributed by atoms with Crippen LogP contribution in [0.3, 0.4) is 0 Å². The van der Waals surface area contributed by atoms with Gasteiger partial charge in [0.2, 0.25) is 10.0 Å². The largest absolute Gasteiger partial charge is 0.490 e. The van der Waals surface area contributed by atoms with Crippen LogP contribution in [0.25, 0.3) is 21.0 Å². The summed E-state index contributed by atoms with van der Waals surface area (Å²) in [6.07, 6.45) is 3.66. The van der Waals surface area contributed by atoms with Gasteiger partial charge in [-0.1, -0.05) is 18.2 Å². The first-order valence-electron chi connectivity index (χ1n) is 12.9. The molecule has 1 aliphatic heterocycles. The Morgan fingerprint density at radius 1 is 1.29 bits per heavy atom. The zero-order valence-electron chi connectivity index (χ0n) is 21.6. The van der Waals surface area contributed by atoms with Gasteiger partial charge in [-0.3, -0.25) is 4.90 Å². The number of thiazole rings is 1. The summed E-state index contributed by atoms with van der Waals surface area (Å²) in [7, 11) is -3.46. The van der Waals surface area contributed by atoms with Crippen molar-refractivity contribution in [3.63, 3.8) is 0 Å². The van der Waals surface area contributed by atoms with Crippen LogP contribution in [-0.4, -0.2) is 61.0 Å². The van der Waals surface area contributed by atoms with Gasteiger partial charge in [0.15, 0.2) is 0 Å². The van der Waals surface area contributed by atoms with Gasteiger partial charge in [-0.05, 0) is 68.0 Å². The summed E-state index contributed by atoms with van der Waals surface area (Å²) < 4.78 is 34.3. The second-order valence-corrected chi connectivity index (χ2v) is 13.1. The first-order valence-corrected chi connectivity index (χ1v) is 15.4. The highest BCUT2D eigenvalue weighted by Crippen LogP contribution is 2.41. The lowest BCUT2D eigenvalue weighted by Gasteiger charge is -2.18. The minimum absolute atomic E-state index is 0.0213. The number of nitrogens with zero attached hydrogens (tertiary/aromatic N) is 3. The molecule has 0 saturated carbocycles. The van der Waals surface area contributed by atoms with Crippen molar-refractivity contribution >= 4 is 21.4 Å². The topological polar surface area (TPSA) is 116 Å². The molecule has 0 radical (unpaired) electrons. The number of benzene rings is 2. The molecule has 2 atom stereocenters. The van der Waals surface area contributed by atoms with E-state index < -0.39 is 10.0 Å². The molecule has 1 saturated heterocycles.